The lowest BCUT2D eigenvalue weighted by Crippen LogP contribution is -1.96. The van der Waals surface area contributed by atoms with E-state index in [4.69, 9.17) is 5.11 Å². The Kier molecular flexibility index (Phi) is 2.48. The van der Waals surface area contributed by atoms with Crippen LogP contribution in [0.15, 0.2) is 22.9 Å². The van der Waals surface area contributed by atoms with Crippen molar-refractivity contribution < 1.29 is 9.90 Å². The van der Waals surface area contributed by atoms with Gasteiger partial charge in [0.15, 0.2) is 4.73 Å². The van der Waals surface area contributed by atoms with Crippen molar-refractivity contribution in [2.75, 3.05) is 0 Å². The van der Waals surface area contributed by atoms with Gasteiger partial charge in [-0.3, -0.25) is 0 Å². The van der Waals surface area contributed by atoms with Gasteiger partial charge in [0.2, 0.25) is 0 Å². The number of imidazole rings is 1. The summed E-state index contributed by atoms with van der Waals surface area (Å²) in [6.07, 6.45) is 0. The minimum atomic E-state index is -0.931. The molecule has 1 aromatic carbocycles. The predicted molar refractivity (Wildman–Crippen MR) is 60.1 cm³/mol. The molecular formula is C10H9BrN2O2. The SMILES string of the molecule is CCn1c(Br)nc2cc(C(=O)O)ccc21. The van der Waals surface area contributed by atoms with Crippen molar-refractivity contribution in [3.05, 3.63) is 28.5 Å². The van der Waals surface area contributed by atoms with Crippen molar-refractivity contribution in [3.63, 3.8) is 0 Å². The second kappa shape index (κ2) is 3.66. The first-order valence-corrected chi connectivity index (χ1v) is 5.32. The number of aromatic nitrogens is 2. The molecule has 0 aliphatic rings. The number of carboxylic acid groups (broad SMARTS) is 1. The molecule has 0 aliphatic carbocycles. The quantitative estimate of drug-likeness (QED) is 0.911. The third-order valence-electron chi connectivity index (χ3n) is 2.26. The van der Waals surface area contributed by atoms with E-state index in [-0.39, 0.29) is 5.56 Å². The van der Waals surface area contributed by atoms with E-state index >= 15 is 0 Å². The van der Waals surface area contributed by atoms with Gasteiger partial charge in [-0.1, -0.05) is 0 Å². The maximum Gasteiger partial charge on any atom is 0.335 e. The molecule has 0 radical (unpaired) electrons. The Morgan fingerprint density at radius 2 is 2.33 bits per heavy atom. The third kappa shape index (κ3) is 1.63. The van der Waals surface area contributed by atoms with Crippen LogP contribution in [-0.4, -0.2) is 20.6 Å². The summed E-state index contributed by atoms with van der Waals surface area (Å²) in [5.41, 5.74) is 1.90. The number of benzene rings is 1. The number of halogens is 1. The topological polar surface area (TPSA) is 55.1 Å². The van der Waals surface area contributed by atoms with Gasteiger partial charge in [-0.25, -0.2) is 9.78 Å². The number of hydrogen-bond donors (Lipinski definition) is 1. The molecule has 0 aliphatic heterocycles. The first-order valence-electron chi connectivity index (χ1n) is 4.52. The summed E-state index contributed by atoms with van der Waals surface area (Å²) in [5, 5.41) is 8.83. The fourth-order valence-corrected chi connectivity index (χ4v) is 2.17. The highest BCUT2D eigenvalue weighted by atomic mass is 79.9. The fourth-order valence-electron chi connectivity index (χ4n) is 1.53. The molecule has 2 rings (SSSR count). The van der Waals surface area contributed by atoms with Crippen LogP contribution in [0.1, 0.15) is 17.3 Å². The fraction of sp³-hybridized carbons (Fsp3) is 0.200. The van der Waals surface area contributed by atoms with Gasteiger partial charge in [0.1, 0.15) is 0 Å². The van der Waals surface area contributed by atoms with Crippen LogP contribution in [0.4, 0.5) is 0 Å². The van der Waals surface area contributed by atoms with E-state index in [9.17, 15) is 4.79 Å². The van der Waals surface area contributed by atoms with Crippen LogP contribution in [0.2, 0.25) is 0 Å². The summed E-state index contributed by atoms with van der Waals surface area (Å²) in [6.45, 7) is 2.81. The Bertz CT molecular complexity index is 533. The summed E-state index contributed by atoms with van der Waals surface area (Å²) in [6, 6.07) is 4.94. The number of hydrogen-bond acceptors (Lipinski definition) is 2. The molecule has 78 valence electrons. The molecule has 1 N–H and O–H groups in total. The van der Waals surface area contributed by atoms with Crippen LogP contribution in [0.3, 0.4) is 0 Å². The van der Waals surface area contributed by atoms with Crippen molar-refractivity contribution >= 4 is 32.9 Å². The lowest BCUT2D eigenvalue weighted by atomic mass is 10.2. The van der Waals surface area contributed by atoms with Crippen molar-refractivity contribution in [1.29, 1.82) is 0 Å². The van der Waals surface area contributed by atoms with Gasteiger partial charge >= 0.3 is 5.97 Å². The van der Waals surface area contributed by atoms with E-state index in [2.05, 4.69) is 20.9 Å². The standard InChI is InChI=1S/C10H9BrN2O2/c1-2-13-8-4-3-6(9(14)15)5-7(8)12-10(13)11/h3-5H,2H2,1H3,(H,14,15). The molecule has 0 saturated heterocycles. The molecule has 0 amide bonds. The van der Waals surface area contributed by atoms with Gasteiger partial charge in [0.05, 0.1) is 16.6 Å². The van der Waals surface area contributed by atoms with Gasteiger partial charge in [-0.2, -0.15) is 0 Å². The van der Waals surface area contributed by atoms with Crippen LogP contribution in [0.25, 0.3) is 11.0 Å². The van der Waals surface area contributed by atoms with Crippen LogP contribution in [0, 0.1) is 0 Å². The summed E-state index contributed by atoms with van der Waals surface area (Å²) in [4.78, 5) is 15.0. The summed E-state index contributed by atoms with van der Waals surface area (Å²) in [5.74, 6) is -0.931. The predicted octanol–water partition coefficient (Wildman–Crippen LogP) is 2.52. The van der Waals surface area contributed by atoms with Crippen molar-refractivity contribution in [1.82, 2.24) is 9.55 Å². The lowest BCUT2D eigenvalue weighted by molar-refractivity contribution is 0.0697. The molecule has 0 bridgehead atoms. The molecule has 1 heterocycles. The zero-order valence-corrected chi connectivity index (χ0v) is 9.65. The van der Waals surface area contributed by atoms with Crippen LogP contribution in [0.5, 0.6) is 0 Å². The Labute approximate surface area is 94.7 Å². The summed E-state index contributed by atoms with van der Waals surface area (Å²) < 4.78 is 2.70. The maximum atomic E-state index is 10.8. The number of aromatic carboxylic acids is 1. The normalized spacial score (nSPS) is 10.8. The number of nitrogens with zero attached hydrogens (tertiary/aromatic N) is 2. The molecule has 5 heteroatoms. The van der Waals surface area contributed by atoms with Crippen LogP contribution >= 0.6 is 15.9 Å². The van der Waals surface area contributed by atoms with E-state index in [0.717, 1.165) is 16.8 Å². The molecule has 0 unspecified atom stereocenters. The number of aryl methyl sites for hydroxylation is 1. The number of carbonyl (C=O) groups is 1. The Morgan fingerprint density at radius 3 is 2.93 bits per heavy atom. The zero-order valence-electron chi connectivity index (χ0n) is 8.07. The van der Waals surface area contributed by atoms with Crippen molar-refractivity contribution in [2.45, 2.75) is 13.5 Å². The highest BCUT2D eigenvalue weighted by Gasteiger charge is 2.09. The van der Waals surface area contributed by atoms with Crippen LogP contribution in [-0.2, 0) is 6.54 Å². The Hall–Kier alpha value is -1.36. The average molecular weight is 269 g/mol. The molecular weight excluding hydrogens is 260 g/mol. The zero-order chi connectivity index (χ0) is 11.0. The summed E-state index contributed by atoms with van der Waals surface area (Å²) in [7, 11) is 0. The number of fused-ring (bicyclic) bond motifs is 1. The monoisotopic (exact) mass is 268 g/mol. The molecule has 2 aromatic rings. The van der Waals surface area contributed by atoms with E-state index in [1.165, 1.54) is 0 Å². The largest absolute Gasteiger partial charge is 0.478 e. The average Bonchev–Trinajstić information content (AvgIpc) is 2.51. The second-order valence-corrected chi connectivity index (χ2v) is 3.84. The minimum absolute atomic E-state index is 0.260. The van der Waals surface area contributed by atoms with Crippen molar-refractivity contribution in [2.24, 2.45) is 0 Å². The molecule has 0 saturated carbocycles. The molecule has 15 heavy (non-hydrogen) atoms. The van der Waals surface area contributed by atoms with Crippen LogP contribution < -0.4 is 0 Å². The highest BCUT2D eigenvalue weighted by molar-refractivity contribution is 9.10. The first-order chi connectivity index (χ1) is 7.13. The molecule has 0 fully saturated rings. The van der Waals surface area contributed by atoms with Gasteiger partial charge in [0.25, 0.3) is 0 Å². The van der Waals surface area contributed by atoms with Gasteiger partial charge in [-0.15, -0.1) is 0 Å². The van der Waals surface area contributed by atoms with Gasteiger partial charge in [-0.05, 0) is 41.1 Å². The van der Waals surface area contributed by atoms with E-state index in [1.807, 2.05) is 11.5 Å². The smallest absolute Gasteiger partial charge is 0.335 e. The number of carboxylic acids is 1. The van der Waals surface area contributed by atoms with Crippen molar-refractivity contribution in [3.8, 4) is 0 Å². The number of rotatable bonds is 2. The lowest BCUT2D eigenvalue weighted by Gasteiger charge is -2.00. The second-order valence-electron chi connectivity index (χ2n) is 3.13. The molecule has 1 aromatic heterocycles. The Balaban J connectivity index is 2.69. The van der Waals surface area contributed by atoms with Gasteiger partial charge in [0, 0.05) is 6.54 Å². The first kappa shape index (κ1) is 10.2. The van der Waals surface area contributed by atoms with E-state index < -0.39 is 5.97 Å². The molecule has 0 spiro atoms. The van der Waals surface area contributed by atoms with E-state index in [1.54, 1.807) is 18.2 Å². The molecule has 4 nitrogen and oxygen atoms in total. The van der Waals surface area contributed by atoms with Gasteiger partial charge < -0.3 is 9.67 Å². The minimum Gasteiger partial charge on any atom is -0.478 e. The van der Waals surface area contributed by atoms with E-state index in [0.29, 0.717) is 5.52 Å². The highest BCUT2D eigenvalue weighted by Crippen LogP contribution is 2.21. The summed E-state index contributed by atoms with van der Waals surface area (Å²) >= 11 is 3.34. The Morgan fingerprint density at radius 1 is 1.60 bits per heavy atom. The maximum absolute atomic E-state index is 10.8. The third-order valence-corrected chi connectivity index (χ3v) is 2.87. The molecule has 0 atom stereocenters.